The van der Waals surface area contributed by atoms with Crippen molar-refractivity contribution in [3.8, 4) is 0 Å². The van der Waals surface area contributed by atoms with Gasteiger partial charge in [0, 0.05) is 19.3 Å². The molecule has 0 heterocycles. The van der Waals surface area contributed by atoms with E-state index in [0.717, 1.165) is 83.5 Å². The van der Waals surface area contributed by atoms with E-state index in [1.165, 1.54) is 128 Å². The molecule has 0 saturated heterocycles. The summed E-state index contributed by atoms with van der Waals surface area (Å²) in [5, 5.41) is 0. The molecule has 332 valence electrons. The molecular weight excluding hydrogens is 709 g/mol. The number of carbonyl (C=O) groups excluding carboxylic acids is 3. The first kappa shape index (κ1) is 54.6. The summed E-state index contributed by atoms with van der Waals surface area (Å²) in [6.07, 6.45) is 52.7. The maximum Gasteiger partial charge on any atom is 0.306 e. The maximum absolute atomic E-state index is 12.7. The molecule has 0 amide bonds. The summed E-state index contributed by atoms with van der Waals surface area (Å²) in [5.41, 5.74) is 0. The lowest BCUT2D eigenvalue weighted by atomic mass is 10.1. The van der Waals surface area contributed by atoms with Crippen molar-refractivity contribution in [1.29, 1.82) is 0 Å². The van der Waals surface area contributed by atoms with Crippen LogP contribution in [-0.4, -0.2) is 37.2 Å². The van der Waals surface area contributed by atoms with Crippen LogP contribution >= 0.6 is 0 Å². The molecule has 0 bridgehead atoms. The van der Waals surface area contributed by atoms with Gasteiger partial charge < -0.3 is 14.2 Å². The fraction of sp³-hybridized carbons (Fsp3) is 0.824. The van der Waals surface area contributed by atoms with Crippen molar-refractivity contribution in [2.45, 2.75) is 258 Å². The van der Waals surface area contributed by atoms with Gasteiger partial charge in [-0.3, -0.25) is 14.4 Å². The number of hydrogen-bond acceptors (Lipinski definition) is 6. The molecule has 0 aliphatic rings. The van der Waals surface area contributed by atoms with Gasteiger partial charge >= 0.3 is 17.9 Å². The van der Waals surface area contributed by atoms with Crippen LogP contribution in [0.15, 0.2) is 36.5 Å². The molecule has 1 atom stereocenters. The van der Waals surface area contributed by atoms with Crippen LogP contribution < -0.4 is 0 Å². The predicted molar refractivity (Wildman–Crippen MR) is 242 cm³/mol. The molecule has 0 aliphatic carbocycles. The molecule has 0 radical (unpaired) electrons. The normalized spacial score (nSPS) is 12.3. The van der Waals surface area contributed by atoms with Crippen molar-refractivity contribution in [3.63, 3.8) is 0 Å². The highest BCUT2D eigenvalue weighted by atomic mass is 16.6. The van der Waals surface area contributed by atoms with Gasteiger partial charge in [0.25, 0.3) is 0 Å². The fourth-order valence-corrected chi connectivity index (χ4v) is 6.88. The summed E-state index contributed by atoms with van der Waals surface area (Å²) < 4.78 is 16.7. The molecule has 0 saturated carbocycles. The van der Waals surface area contributed by atoms with E-state index < -0.39 is 6.10 Å². The predicted octanol–water partition coefficient (Wildman–Crippen LogP) is 15.8. The molecular formula is C51H92O6. The summed E-state index contributed by atoms with van der Waals surface area (Å²) in [7, 11) is 0. The molecule has 0 rings (SSSR count). The van der Waals surface area contributed by atoms with E-state index in [1.807, 2.05) is 0 Å². The average Bonchev–Trinajstić information content (AvgIpc) is 3.21. The van der Waals surface area contributed by atoms with Crippen LogP contribution in [0.5, 0.6) is 0 Å². The third kappa shape index (κ3) is 44.6. The van der Waals surface area contributed by atoms with E-state index in [4.69, 9.17) is 14.2 Å². The average molecular weight is 801 g/mol. The molecule has 6 nitrogen and oxygen atoms in total. The first-order chi connectivity index (χ1) is 28.0. The van der Waals surface area contributed by atoms with E-state index in [9.17, 15) is 14.4 Å². The van der Waals surface area contributed by atoms with Gasteiger partial charge in [-0.05, 0) is 77.0 Å². The van der Waals surface area contributed by atoms with Crippen LogP contribution in [0.4, 0.5) is 0 Å². The Bertz CT molecular complexity index is 969. The van der Waals surface area contributed by atoms with Gasteiger partial charge in [0.05, 0.1) is 0 Å². The van der Waals surface area contributed by atoms with Crippen LogP contribution in [0.1, 0.15) is 252 Å². The summed E-state index contributed by atoms with van der Waals surface area (Å²) in [6.45, 7) is 6.57. The van der Waals surface area contributed by atoms with Gasteiger partial charge in [0.1, 0.15) is 13.2 Å². The van der Waals surface area contributed by atoms with Crippen molar-refractivity contribution in [2.75, 3.05) is 13.2 Å². The number of esters is 3. The zero-order valence-corrected chi connectivity index (χ0v) is 37.9. The number of rotatable bonds is 44. The summed E-state index contributed by atoms with van der Waals surface area (Å²) in [5.74, 6) is -0.890. The van der Waals surface area contributed by atoms with Gasteiger partial charge in [-0.2, -0.15) is 0 Å². The minimum absolute atomic E-state index is 0.0760. The van der Waals surface area contributed by atoms with E-state index >= 15 is 0 Å². The lowest BCUT2D eigenvalue weighted by Crippen LogP contribution is -2.30. The van der Waals surface area contributed by atoms with Gasteiger partial charge in [0.15, 0.2) is 6.10 Å². The highest BCUT2D eigenvalue weighted by Gasteiger charge is 2.19. The second-order valence-electron chi connectivity index (χ2n) is 16.4. The Morgan fingerprint density at radius 2 is 0.632 bits per heavy atom. The second kappa shape index (κ2) is 46.3. The SMILES string of the molecule is CCCCC/C=C\C/C=C\CCCCCCCCCC(=O)OC[C@@H](COC(=O)CCCCCCCCCCC)OC(=O)CCCCCCC/C=C\CCCCCC. The van der Waals surface area contributed by atoms with E-state index in [-0.39, 0.29) is 31.1 Å². The first-order valence-corrected chi connectivity index (χ1v) is 24.5. The monoisotopic (exact) mass is 801 g/mol. The quantitative estimate of drug-likeness (QED) is 0.0264. The van der Waals surface area contributed by atoms with Gasteiger partial charge in [-0.1, -0.05) is 192 Å². The minimum atomic E-state index is -0.774. The smallest absolute Gasteiger partial charge is 0.306 e. The molecule has 0 unspecified atom stereocenters. The molecule has 6 heteroatoms. The topological polar surface area (TPSA) is 78.9 Å². The molecule has 0 aromatic carbocycles. The first-order valence-electron chi connectivity index (χ1n) is 24.5. The summed E-state index contributed by atoms with van der Waals surface area (Å²) in [4.78, 5) is 37.8. The molecule has 57 heavy (non-hydrogen) atoms. The lowest BCUT2D eigenvalue weighted by Gasteiger charge is -2.18. The standard InChI is InChI=1S/C51H92O6/c1-4-7-10-13-16-19-21-23-24-25-26-28-29-32-35-38-41-44-50(53)56-47-48(46-55-49(52)43-40-37-34-31-18-15-12-9-6-3)57-51(54)45-42-39-36-33-30-27-22-20-17-14-11-8-5-2/h16,19-20,22-24,48H,4-15,17-18,21,25-47H2,1-3H3/b19-16-,22-20-,24-23-/t48-/m1/s1. The fourth-order valence-electron chi connectivity index (χ4n) is 6.88. The van der Waals surface area contributed by atoms with Gasteiger partial charge in [-0.15, -0.1) is 0 Å². The summed E-state index contributed by atoms with van der Waals surface area (Å²) in [6, 6.07) is 0. The molecule has 0 aromatic heterocycles. The Balaban J connectivity index is 4.33. The third-order valence-electron chi connectivity index (χ3n) is 10.6. The van der Waals surface area contributed by atoms with Crippen molar-refractivity contribution >= 4 is 17.9 Å². The second-order valence-corrected chi connectivity index (χ2v) is 16.4. The van der Waals surface area contributed by atoms with Crippen molar-refractivity contribution in [3.05, 3.63) is 36.5 Å². The van der Waals surface area contributed by atoms with Crippen LogP contribution in [0.25, 0.3) is 0 Å². The summed E-state index contributed by atoms with van der Waals surface area (Å²) >= 11 is 0. The Morgan fingerprint density at radius 1 is 0.351 bits per heavy atom. The van der Waals surface area contributed by atoms with Crippen LogP contribution in [0, 0.1) is 0 Å². The largest absolute Gasteiger partial charge is 0.462 e. The van der Waals surface area contributed by atoms with E-state index in [1.54, 1.807) is 0 Å². The Hall–Kier alpha value is -2.37. The number of unbranched alkanes of at least 4 members (excludes halogenated alkanes) is 27. The number of hydrogen-bond donors (Lipinski definition) is 0. The van der Waals surface area contributed by atoms with Crippen LogP contribution in [0.2, 0.25) is 0 Å². The lowest BCUT2D eigenvalue weighted by molar-refractivity contribution is -0.167. The Kier molecular flexibility index (Phi) is 44.4. The van der Waals surface area contributed by atoms with Crippen LogP contribution in [-0.2, 0) is 28.6 Å². The highest BCUT2D eigenvalue weighted by Crippen LogP contribution is 2.14. The van der Waals surface area contributed by atoms with Crippen molar-refractivity contribution in [1.82, 2.24) is 0 Å². The number of carbonyl (C=O) groups is 3. The molecule has 0 aliphatic heterocycles. The van der Waals surface area contributed by atoms with Crippen LogP contribution in [0.3, 0.4) is 0 Å². The van der Waals surface area contributed by atoms with E-state index in [2.05, 4.69) is 57.2 Å². The molecule has 0 spiro atoms. The molecule has 0 fully saturated rings. The Labute approximate surface area is 353 Å². The molecule has 0 N–H and O–H groups in total. The Morgan fingerprint density at radius 3 is 1.04 bits per heavy atom. The molecule has 0 aromatic rings. The number of allylic oxidation sites excluding steroid dienone is 6. The van der Waals surface area contributed by atoms with Crippen molar-refractivity contribution in [2.24, 2.45) is 0 Å². The minimum Gasteiger partial charge on any atom is -0.462 e. The zero-order chi connectivity index (χ0) is 41.5. The van der Waals surface area contributed by atoms with Gasteiger partial charge in [0.2, 0.25) is 0 Å². The maximum atomic E-state index is 12.7. The van der Waals surface area contributed by atoms with E-state index in [0.29, 0.717) is 19.3 Å². The van der Waals surface area contributed by atoms with Crippen molar-refractivity contribution < 1.29 is 28.6 Å². The highest BCUT2D eigenvalue weighted by molar-refractivity contribution is 5.71. The number of ether oxygens (including phenoxy) is 3. The third-order valence-corrected chi connectivity index (χ3v) is 10.6. The zero-order valence-electron chi connectivity index (χ0n) is 37.9. The van der Waals surface area contributed by atoms with Gasteiger partial charge in [-0.25, -0.2) is 0 Å².